The second-order valence-corrected chi connectivity index (χ2v) is 9.34. The van der Waals surface area contributed by atoms with Crippen molar-refractivity contribution >= 4 is 40.2 Å². The van der Waals surface area contributed by atoms with Gasteiger partial charge in [0.2, 0.25) is 5.91 Å². The van der Waals surface area contributed by atoms with E-state index in [1.807, 2.05) is 54.6 Å². The smallest absolute Gasteiger partial charge is 0.266 e. The van der Waals surface area contributed by atoms with Gasteiger partial charge in [-0.3, -0.25) is 14.2 Å². The lowest BCUT2D eigenvalue weighted by Crippen LogP contribution is -2.26. The Morgan fingerprint density at radius 3 is 2.48 bits per heavy atom. The van der Waals surface area contributed by atoms with Gasteiger partial charge in [-0.15, -0.1) is 0 Å². The summed E-state index contributed by atoms with van der Waals surface area (Å²) in [6.07, 6.45) is 0. The highest BCUT2D eigenvalue weighted by Gasteiger charge is 2.17. The van der Waals surface area contributed by atoms with Gasteiger partial charge in [0.25, 0.3) is 5.56 Å². The lowest BCUT2D eigenvalue weighted by Gasteiger charge is -2.18. The van der Waals surface area contributed by atoms with Crippen molar-refractivity contribution in [3.05, 3.63) is 99.3 Å². The summed E-state index contributed by atoms with van der Waals surface area (Å²) in [6.45, 7) is 4.59. The maximum atomic E-state index is 13.5. The molecule has 1 N–H and O–H groups in total. The third-order valence-electron chi connectivity index (χ3n) is 5.28. The van der Waals surface area contributed by atoms with Crippen molar-refractivity contribution in [2.24, 2.45) is 0 Å². The number of rotatable bonds is 7. The first-order valence-electron chi connectivity index (χ1n) is 10.7. The van der Waals surface area contributed by atoms with Gasteiger partial charge in [0.1, 0.15) is 0 Å². The largest absolute Gasteiger partial charge is 0.351 e. The third-order valence-corrected chi connectivity index (χ3v) is 6.47. The van der Waals surface area contributed by atoms with Crippen molar-refractivity contribution < 1.29 is 4.79 Å². The van der Waals surface area contributed by atoms with Gasteiger partial charge < -0.3 is 5.32 Å². The molecule has 0 radical (unpaired) electrons. The number of nitrogens with zero attached hydrogens (tertiary/aromatic N) is 2. The molecule has 7 heteroatoms. The van der Waals surface area contributed by atoms with E-state index in [1.54, 1.807) is 22.8 Å². The molecule has 0 aliphatic heterocycles. The molecule has 1 aromatic heterocycles. The van der Waals surface area contributed by atoms with Gasteiger partial charge in [0.05, 0.1) is 22.3 Å². The van der Waals surface area contributed by atoms with Crippen LogP contribution in [0.5, 0.6) is 0 Å². The summed E-state index contributed by atoms with van der Waals surface area (Å²) in [4.78, 5) is 30.8. The maximum absolute atomic E-state index is 13.5. The van der Waals surface area contributed by atoms with Crippen molar-refractivity contribution in [2.75, 3.05) is 5.75 Å². The minimum absolute atomic E-state index is 0.138. The molecule has 0 aliphatic carbocycles. The first-order chi connectivity index (χ1) is 15.9. The van der Waals surface area contributed by atoms with Gasteiger partial charge in [-0.25, -0.2) is 4.98 Å². The van der Waals surface area contributed by atoms with E-state index in [4.69, 9.17) is 16.6 Å². The Hall–Kier alpha value is -3.09. The van der Waals surface area contributed by atoms with Crippen LogP contribution in [0.1, 0.15) is 30.9 Å². The Morgan fingerprint density at radius 2 is 1.73 bits per heavy atom. The Morgan fingerprint density at radius 1 is 1.03 bits per heavy atom. The van der Waals surface area contributed by atoms with Crippen molar-refractivity contribution in [1.29, 1.82) is 0 Å². The van der Waals surface area contributed by atoms with Crippen molar-refractivity contribution in [2.45, 2.75) is 31.5 Å². The first-order valence-corrected chi connectivity index (χ1v) is 12.1. The topological polar surface area (TPSA) is 64.0 Å². The number of fused-ring (bicyclic) bond motifs is 1. The van der Waals surface area contributed by atoms with Crippen LogP contribution in [0.2, 0.25) is 5.02 Å². The molecule has 0 unspecified atom stereocenters. The van der Waals surface area contributed by atoms with E-state index < -0.39 is 0 Å². The lowest BCUT2D eigenvalue weighted by atomic mass is 10.0. The average Bonchev–Trinajstić information content (AvgIpc) is 2.82. The second kappa shape index (κ2) is 10.2. The monoisotopic (exact) mass is 477 g/mol. The number of aromatic nitrogens is 2. The molecule has 0 aliphatic rings. The Kier molecular flexibility index (Phi) is 7.16. The predicted octanol–water partition coefficient (Wildman–Crippen LogP) is 5.57. The van der Waals surface area contributed by atoms with Gasteiger partial charge in [-0.05, 0) is 47.4 Å². The number of hydrogen-bond acceptors (Lipinski definition) is 4. The molecule has 0 saturated carbocycles. The summed E-state index contributed by atoms with van der Waals surface area (Å²) in [5.41, 5.74) is 3.28. The number of carbonyl (C=O) groups excluding carboxylic acids is 1. The number of hydrogen-bond donors (Lipinski definition) is 1. The third kappa shape index (κ3) is 5.29. The zero-order valence-electron chi connectivity index (χ0n) is 18.4. The van der Waals surface area contributed by atoms with E-state index in [2.05, 4.69) is 19.2 Å². The number of carbonyl (C=O) groups is 1. The maximum Gasteiger partial charge on any atom is 0.266 e. The number of amides is 1. The summed E-state index contributed by atoms with van der Waals surface area (Å²) in [5, 5.41) is 4.61. The van der Waals surface area contributed by atoms with Crippen molar-refractivity contribution in [3.8, 4) is 5.69 Å². The molecule has 0 atom stereocenters. The normalized spacial score (nSPS) is 11.2. The Labute approximate surface area is 201 Å². The molecule has 168 valence electrons. The fourth-order valence-corrected chi connectivity index (χ4v) is 4.55. The van der Waals surface area contributed by atoms with Gasteiger partial charge in [0, 0.05) is 11.6 Å². The molecular formula is C26H24ClN3O2S. The molecule has 0 spiro atoms. The SMILES string of the molecule is CC(C)c1ccccc1-n1c(SCC(=O)NCc2ccc(Cl)cc2)nc2ccccc2c1=O. The van der Waals surface area contributed by atoms with Crippen LogP contribution in [-0.2, 0) is 11.3 Å². The number of thioether (sulfide) groups is 1. The van der Waals surface area contributed by atoms with E-state index in [0.29, 0.717) is 27.6 Å². The molecule has 5 nitrogen and oxygen atoms in total. The minimum atomic E-state index is -0.141. The zero-order chi connectivity index (χ0) is 23.4. The summed E-state index contributed by atoms with van der Waals surface area (Å²) in [5.74, 6) is 0.225. The highest BCUT2D eigenvalue weighted by Crippen LogP contribution is 2.27. The summed E-state index contributed by atoms with van der Waals surface area (Å²) < 4.78 is 1.63. The van der Waals surface area contributed by atoms with E-state index in [0.717, 1.165) is 16.8 Å². The van der Waals surface area contributed by atoms with Crippen LogP contribution in [0.25, 0.3) is 16.6 Å². The summed E-state index contributed by atoms with van der Waals surface area (Å²) >= 11 is 7.17. The molecular weight excluding hydrogens is 454 g/mol. The van der Waals surface area contributed by atoms with Crippen LogP contribution < -0.4 is 10.9 Å². The van der Waals surface area contributed by atoms with Gasteiger partial charge >= 0.3 is 0 Å². The van der Waals surface area contributed by atoms with Crippen molar-refractivity contribution in [1.82, 2.24) is 14.9 Å². The van der Waals surface area contributed by atoms with E-state index in [9.17, 15) is 9.59 Å². The first kappa shape index (κ1) is 23.1. The molecule has 4 rings (SSSR count). The molecule has 4 aromatic rings. The highest BCUT2D eigenvalue weighted by atomic mass is 35.5. The molecule has 0 bridgehead atoms. The molecule has 0 fully saturated rings. The van der Waals surface area contributed by atoms with E-state index in [-0.39, 0.29) is 23.1 Å². The lowest BCUT2D eigenvalue weighted by molar-refractivity contribution is -0.118. The van der Waals surface area contributed by atoms with Crippen LogP contribution in [0.3, 0.4) is 0 Å². The molecule has 0 saturated heterocycles. The number of halogens is 1. The quantitative estimate of drug-likeness (QED) is 0.279. The number of para-hydroxylation sites is 2. The number of benzene rings is 3. The molecule has 1 heterocycles. The zero-order valence-corrected chi connectivity index (χ0v) is 20.0. The van der Waals surface area contributed by atoms with Crippen LogP contribution in [-0.4, -0.2) is 21.2 Å². The molecule has 33 heavy (non-hydrogen) atoms. The fourth-order valence-electron chi connectivity index (χ4n) is 3.59. The molecule has 1 amide bonds. The average molecular weight is 478 g/mol. The van der Waals surface area contributed by atoms with Crippen LogP contribution in [0, 0.1) is 0 Å². The second-order valence-electron chi connectivity index (χ2n) is 7.96. The van der Waals surface area contributed by atoms with Gasteiger partial charge in [-0.2, -0.15) is 0 Å². The predicted molar refractivity (Wildman–Crippen MR) is 135 cm³/mol. The number of nitrogens with one attached hydrogen (secondary N) is 1. The van der Waals surface area contributed by atoms with Gasteiger partial charge in [0.15, 0.2) is 5.16 Å². The van der Waals surface area contributed by atoms with E-state index in [1.165, 1.54) is 11.8 Å². The standard InChI is InChI=1S/C26H24ClN3O2S/c1-17(2)20-7-4-6-10-23(20)30-25(32)21-8-3-5-9-22(21)29-26(30)33-16-24(31)28-15-18-11-13-19(27)14-12-18/h3-14,17H,15-16H2,1-2H3,(H,28,31). The van der Waals surface area contributed by atoms with Crippen LogP contribution in [0.15, 0.2) is 82.7 Å². The highest BCUT2D eigenvalue weighted by molar-refractivity contribution is 7.99. The minimum Gasteiger partial charge on any atom is -0.351 e. The Bertz CT molecular complexity index is 1350. The fraction of sp³-hybridized carbons (Fsp3) is 0.192. The van der Waals surface area contributed by atoms with Gasteiger partial charge in [-0.1, -0.05) is 79.7 Å². The molecule has 3 aromatic carbocycles. The van der Waals surface area contributed by atoms with E-state index >= 15 is 0 Å². The summed E-state index contributed by atoms with van der Waals surface area (Å²) in [7, 11) is 0. The summed E-state index contributed by atoms with van der Waals surface area (Å²) in [6, 6.07) is 22.5. The van der Waals surface area contributed by atoms with Crippen molar-refractivity contribution in [3.63, 3.8) is 0 Å². The van der Waals surface area contributed by atoms with Crippen LogP contribution >= 0.6 is 23.4 Å². The van der Waals surface area contributed by atoms with Crippen LogP contribution in [0.4, 0.5) is 0 Å². The Balaban J connectivity index is 1.64.